The summed E-state index contributed by atoms with van der Waals surface area (Å²) in [5.41, 5.74) is 2.55. The fraction of sp³-hybridized carbons (Fsp3) is 0.500. The predicted molar refractivity (Wildman–Crippen MR) is 61.7 cm³/mol. The molecule has 2 heteroatoms. The molecule has 1 heterocycles. The van der Waals surface area contributed by atoms with Crippen molar-refractivity contribution in [1.82, 2.24) is 10.2 Å². The van der Waals surface area contributed by atoms with Crippen molar-refractivity contribution in [2.24, 2.45) is 0 Å². The van der Waals surface area contributed by atoms with Crippen LogP contribution in [-0.4, -0.2) is 18.5 Å². The van der Waals surface area contributed by atoms with E-state index in [2.05, 4.69) is 37.0 Å². The Morgan fingerprint density at radius 1 is 1.50 bits per heavy atom. The third-order valence-corrected chi connectivity index (χ3v) is 2.49. The topological polar surface area (TPSA) is 15.3 Å². The molecule has 0 aromatic rings. The van der Waals surface area contributed by atoms with E-state index in [1.54, 1.807) is 0 Å². The number of rotatable bonds is 3. The van der Waals surface area contributed by atoms with Crippen LogP contribution in [0.1, 0.15) is 26.2 Å². The second-order valence-corrected chi connectivity index (χ2v) is 3.69. The van der Waals surface area contributed by atoms with E-state index >= 15 is 0 Å². The zero-order chi connectivity index (χ0) is 10.4. The van der Waals surface area contributed by atoms with Crippen LogP contribution < -0.4 is 5.32 Å². The van der Waals surface area contributed by atoms with Crippen LogP contribution in [0.2, 0.25) is 0 Å². The van der Waals surface area contributed by atoms with Crippen molar-refractivity contribution in [3.05, 3.63) is 36.3 Å². The first-order valence-corrected chi connectivity index (χ1v) is 5.21. The molecule has 0 spiro atoms. The van der Waals surface area contributed by atoms with Crippen LogP contribution >= 0.6 is 0 Å². The molecule has 1 N–H and O–H groups in total. The second kappa shape index (κ2) is 5.53. The average Bonchev–Trinajstić information content (AvgIpc) is 2.19. The van der Waals surface area contributed by atoms with Crippen LogP contribution in [0, 0.1) is 0 Å². The van der Waals surface area contributed by atoms with Gasteiger partial charge in [0, 0.05) is 31.2 Å². The molecule has 0 atom stereocenters. The standard InChI is InChI=1S/C12H20N2/c1-4-7-11(2)14(3)10-12-8-5-6-9-13-12/h4,7,10,13H,1,5-6,8-9H2,2-3H3/b11-7+,12-10-. The summed E-state index contributed by atoms with van der Waals surface area (Å²) in [6, 6.07) is 0. The van der Waals surface area contributed by atoms with Gasteiger partial charge in [0.1, 0.15) is 0 Å². The summed E-state index contributed by atoms with van der Waals surface area (Å²) in [6.45, 7) is 6.89. The molecule has 0 aromatic heterocycles. The molecule has 2 nitrogen and oxygen atoms in total. The lowest BCUT2D eigenvalue weighted by atomic mass is 10.1. The maximum atomic E-state index is 3.69. The Kier molecular flexibility index (Phi) is 4.30. The van der Waals surface area contributed by atoms with Crippen LogP contribution in [0.25, 0.3) is 0 Å². The average molecular weight is 192 g/mol. The first-order chi connectivity index (χ1) is 6.74. The first kappa shape index (κ1) is 10.9. The predicted octanol–water partition coefficient (Wildman–Crippen LogP) is 2.62. The van der Waals surface area contributed by atoms with Crippen LogP contribution in [0.3, 0.4) is 0 Å². The molecule has 0 aromatic carbocycles. The monoisotopic (exact) mass is 192 g/mol. The van der Waals surface area contributed by atoms with Crippen LogP contribution in [0.4, 0.5) is 0 Å². The third-order valence-electron chi connectivity index (χ3n) is 2.49. The van der Waals surface area contributed by atoms with Crippen molar-refractivity contribution in [2.75, 3.05) is 13.6 Å². The van der Waals surface area contributed by atoms with Gasteiger partial charge in [-0.25, -0.2) is 0 Å². The summed E-state index contributed by atoms with van der Waals surface area (Å²) in [5, 5.41) is 3.41. The Morgan fingerprint density at radius 2 is 2.29 bits per heavy atom. The van der Waals surface area contributed by atoms with Gasteiger partial charge in [0.15, 0.2) is 0 Å². The summed E-state index contributed by atoms with van der Waals surface area (Å²) in [7, 11) is 2.07. The third kappa shape index (κ3) is 3.29. The van der Waals surface area contributed by atoms with Crippen molar-refractivity contribution >= 4 is 0 Å². The fourth-order valence-electron chi connectivity index (χ4n) is 1.51. The summed E-state index contributed by atoms with van der Waals surface area (Å²) in [4.78, 5) is 2.13. The van der Waals surface area contributed by atoms with E-state index in [4.69, 9.17) is 0 Å². The SMILES string of the molecule is C=C/C=C(\C)N(C)/C=C1/CCCCN1. The summed E-state index contributed by atoms with van der Waals surface area (Å²) in [6.07, 6.45) is 9.78. The highest BCUT2D eigenvalue weighted by Crippen LogP contribution is 2.12. The Hall–Kier alpha value is -1.18. The number of hydrogen-bond donors (Lipinski definition) is 1. The van der Waals surface area contributed by atoms with Gasteiger partial charge in [0.25, 0.3) is 0 Å². The van der Waals surface area contributed by atoms with Gasteiger partial charge < -0.3 is 10.2 Å². The summed E-state index contributed by atoms with van der Waals surface area (Å²) in [5.74, 6) is 0. The van der Waals surface area contributed by atoms with E-state index in [0.29, 0.717) is 0 Å². The molecule has 1 aliphatic heterocycles. The number of allylic oxidation sites excluding steroid dienone is 4. The number of piperidine rings is 1. The van der Waals surface area contributed by atoms with E-state index < -0.39 is 0 Å². The molecule has 0 aliphatic carbocycles. The molecule has 78 valence electrons. The number of hydrogen-bond acceptors (Lipinski definition) is 2. The van der Waals surface area contributed by atoms with Gasteiger partial charge in [-0.05, 0) is 32.3 Å². The Bertz CT molecular complexity index is 243. The molecular formula is C12H20N2. The minimum absolute atomic E-state index is 1.11. The van der Waals surface area contributed by atoms with Crippen LogP contribution in [0.15, 0.2) is 36.3 Å². The van der Waals surface area contributed by atoms with Gasteiger partial charge >= 0.3 is 0 Å². The molecule has 0 bridgehead atoms. The number of nitrogens with one attached hydrogen (secondary N) is 1. The van der Waals surface area contributed by atoms with Crippen LogP contribution in [-0.2, 0) is 0 Å². The van der Waals surface area contributed by atoms with Crippen molar-refractivity contribution in [2.45, 2.75) is 26.2 Å². The highest BCUT2D eigenvalue weighted by Gasteiger charge is 2.04. The molecule has 1 rings (SSSR count). The van der Waals surface area contributed by atoms with Crippen molar-refractivity contribution in [3.63, 3.8) is 0 Å². The quantitative estimate of drug-likeness (QED) is 0.691. The van der Waals surface area contributed by atoms with Crippen molar-refractivity contribution in [3.8, 4) is 0 Å². The highest BCUT2D eigenvalue weighted by molar-refractivity contribution is 5.12. The molecule has 1 fully saturated rings. The van der Waals surface area contributed by atoms with E-state index in [1.807, 2.05) is 12.2 Å². The van der Waals surface area contributed by atoms with Gasteiger partial charge in [-0.1, -0.05) is 12.7 Å². The van der Waals surface area contributed by atoms with Crippen LogP contribution in [0.5, 0.6) is 0 Å². The molecular weight excluding hydrogens is 172 g/mol. The minimum atomic E-state index is 1.11. The molecule has 0 radical (unpaired) electrons. The van der Waals surface area contributed by atoms with Crippen molar-refractivity contribution in [1.29, 1.82) is 0 Å². The molecule has 1 aliphatic rings. The first-order valence-electron chi connectivity index (χ1n) is 5.21. The Labute approximate surface area is 87.0 Å². The summed E-state index contributed by atoms with van der Waals surface area (Å²) >= 11 is 0. The molecule has 1 saturated heterocycles. The zero-order valence-corrected chi connectivity index (χ0v) is 9.21. The summed E-state index contributed by atoms with van der Waals surface area (Å²) < 4.78 is 0. The largest absolute Gasteiger partial charge is 0.387 e. The fourth-order valence-corrected chi connectivity index (χ4v) is 1.51. The lowest BCUT2D eigenvalue weighted by Gasteiger charge is -2.21. The van der Waals surface area contributed by atoms with Gasteiger partial charge in [-0.2, -0.15) is 0 Å². The molecule has 0 saturated carbocycles. The van der Waals surface area contributed by atoms with Gasteiger partial charge in [0.2, 0.25) is 0 Å². The van der Waals surface area contributed by atoms with Gasteiger partial charge in [0.05, 0.1) is 0 Å². The van der Waals surface area contributed by atoms with Gasteiger partial charge in [-0.3, -0.25) is 0 Å². The Morgan fingerprint density at radius 3 is 2.86 bits per heavy atom. The molecule has 14 heavy (non-hydrogen) atoms. The van der Waals surface area contributed by atoms with E-state index in [-0.39, 0.29) is 0 Å². The van der Waals surface area contributed by atoms with Crippen molar-refractivity contribution < 1.29 is 0 Å². The maximum absolute atomic E-state index is 3.69. The highest BCUT2D eigenvalue weighted by atomic mass is 15.1. The van der Waals surface area contributed by atoms with E-state index in [9.17, 15) is 0 Å². The zero-order valence-electron chi connectivity index (χ0n) is 9.21. The smallest absolute Gasteiger partial charge is 0.0271 e. The normalized spacial score (nSPS) is 20.4. The van der Waals surface area contributed by atoms with E-state index in [1.165, 1.54) is 30.7 Å². The van der Waals surface area contributed by atoms with E-state index in [0.717, 1.165) is 6.54 Å². The lowest BCUT2D eigenvalue weighted by Crippen LogP contribution is -2.22. The maximum Gasteiger partial charge on any atom is 0.0271 e. The lowest BCUT2D eigenvalue weighted by molar-refractivity contribution is 0.524. The second-order valence-electron chi connectivity index (χ2n) is 3.69. The van der Waals surface area contributed by atoms with Gasteiger partial charge in [-0.15, -0.1) is 0 Å². The molecule has 0 unspecified atom stereocenters. The molecule has 0 amide bonds. The Balaban J connectivity index is 2.56. The minimum Gasteiger partial charge on any atom is -0.387 e. The number of nitrogens with zero attached hydrogens (tertiary/aromatic N) is 1.